The van der Waals surface area contributed by atoms with Crippen molar-refractivity contribution in [3.63, 3.8) is 0 Å². The van der Waals surface area contributed by atoms with E-state index in [2.05, 4.69) is 18.8 Å². The summed E-state index contributed by atoms with van der Waals surface area (Å²) in [6, 6.07) is 1.78. The molecule has 17 heavy (non-hydrogen) atoms. The average Bonchev–Trinajstić information content (AvgIpc) is 2.68. The third kappa shape index (κ3) is 2.33. The van der Waals surface area contributed by atoms with Crippen molar-refractivity contribution in [2.24, 2.45) is 11.3 Å². The lowest BCUT2D eigenvalue weighted by molar-refractivity contribution is 0.0838. The second-order valence-electron chi connectivity index (χ2n) is 5.41. The number of rotatable bonds is 3. The number of carbonyl (C=O) groups excluding carboxylic acids is 1. The summed E-state index contributed by atoms with van der Waals surface area (Å²) < 4.78 is 5.10. The topological polar surface area (TPSA) is 39.2 Å². The number of nitrogens with zero attached hydrogens (tertiary/aromatic N) is 1. The minimum atomic E-state index is 0.111. The molecule has 3 heteroatoms. The van der Waals surface area contributed by atoms with Crippen molar-refractivity contribution in [2.75, 3.05) is 7.11 Å². The number of hydrogen-bond donors (Lipinski definition) is 0. The van der Waals surface area contributed by atoms with Gasteiger partial charge in [-0.1, -0.05) is 20.3 Å². The fourth-order valence-corrected chi connectivity index (χ4v) is 2.68. The van der Waals surface area contributed by atoms with Gasteiger partial charge < -0.3 is 4.74 Å². The number of aromatic nitrogens is 1. The van der Waals surface area contributed by atoms with Crippen LogP contribution >= 0.6 is 0 Å². The Balaban J connectivity index is 2.25. The Morgan fingerprint density at radius 3 is 2.82 bits per heavy atom. The van der Waals surface area contributed by atoms with Gasteiger partial charge in [-0.05, 0) is 24.3 Å². The number of carbonyl (C=O) groups is 1. The molecule has 1 aliphatic carbocycles. The van der Waals surface area contributed by atoms with Crippen LogP contribution in [0.15, 0.2) is 18.5 Å². The summed E-state index contributed by atoms with van der Waals surface area (Å²) >= 11 is 0. The summed E-state index contributed by atoms with van der Waals surface area (Å²) in [5, 5.41) is 0. The number of ketones is 1. The predicted octanol–water partition coefficient (Wildman–Crippen LogP) is 3.10. The first kappa shape index (κ1) is 12.1. The van der Waals surface area contributed by atoms with Crippen molar-refractivity contribution < 1.29 is 9.53 Å². The third-order valence-corrected chi connectivity index (χ3v) is 3.81. The molecule has 0 aliphatic heterocycles. The highest BCUT2D eigenvalue weighted by molar-refractivity contribution is 5.98. The van der Waals surface area contributed by atoms with Crippen molar-refractivity contribution in [1.29, 1.82) is 0 Å². The molecule has 1 fully saturated rings. The van der Waals surface area contributed by atoms with Crippen LogP contribution in [-0.4, -0.2) is 17.9 Å². The molecule has 0 saturated heterocycles. The fraction of sp³-hybridized carbons (Fsp3) is 0.571. The Labute approximate surface area is 102 Å². The van der Waals surface area contributed by atoms with E-state index in [1.807, 2.05) is 0 Å². The minimum Gasteiger partial charge on any atom is -0.495 e. The smallest absolute Gasteiger partial charge is 0.168 e. The highest BCUT2D eigenvalue weighted by Gasteiger charge is 2.39. The van der Waals surface area contributed by atoms with Crippen LogP contribution < -0.4 is 4.74 Å². The first-order valence-electron chi connectivity index (χ1n) is 6.08. The molecular formula is C14H19NO2. The van der Waals surface area contributed by atoms with Crippen LogP contribution in [-0.2, 0) is 0 Å². The van der Waals surface area contributed by atoms with Crippen molar-refractivity contribution in [1.82, 2.24) is 4.98 Å². The van der Waals surface area contributed by atoms with Crippen LogP contribution in [0.4, 0.5) is 0 Å². The maximum Gasteiger partial charge on any atom is 0.168 e. The Morgan fingerprint density at radius 2 is 2.24 bits per heavy atom. The molecule has 0 bridgehead atoms. The van der Waals surface area contributed by atoms with Gasteiger partial charge in [-0.15, -0.1) is 0 Å². The second kappa shape index (κ2) is 4.47. The van der Waals surface area contributed by atoms with Crippen molar-refractivity contribution in [3.8, 4) is 5.75 Å². The molecule has 2 rings (SSSR count). The Kier molecular flexibility index (Phi) is 3.18. The zero-order valence-electron chi connectivity index (χ0n) is 10.7. The fourth-order valence-electron chi connectivity index (χ4n) is 2.68. The van der Waals surface area contributed by atoms with Crippen molar-refractivity contribution in [2.45, 2.75) is 33.1 Å². The Hall–Kier alpha value is -1.38. The molecule has 0 spiro atoms. The van der Waals surface area contributed by atoms with Crippen LogP contribution in [0.1, 0.15) is 43.5 Å². The first-order chi connectivity index (χ1) is 8.04. The highest BCUT2D eigenvalue weighted by Crippen LogP contribution is 2.44. The summed E-state index contributed by atoms with van der Waals surface area (Å²) in [5.41, 5.74) is 0.782. The highest BCUT2D eigenvalue weighted by atomic mass is 16.5. The Morgan fingerprint density at radius 1 is 1.47 bits per heavy atom. The minimum absolute atomic E-state index is 0.111. The van der Waals surface area contributed by atoms with E-state index < -0.39 is 0 Å². The second-order valence-corrected chi connectivity index (χ2v) is 5.41. The van der Waals surface area contributed by atoms with E-state index in [-0.39, 0.29) is 17.1 Å². The van der Waals surface area contributed by atoms with Gasteiger partial charge >= 0.3 is 0 Å². The molecule has 3 nitrogen and oxygen atoms in total. The molecule has 1 aliphatic rings. The lowest BCUT2D eigenvalue weighted by Gasteiger charge is -2.25. The summed E-state index contributed by atoms with van der Waals surface area (Å²) in [5.74, 6) is 0.974. The molecule has 1 unspecified atom stereocenters. The van der Waals surface area contributed by atoms with Gasteiger partial charge in [0.05, 0.1) is 13.3 Å². The number of pyridine rings is 1. The van der Waals surface area contributed by atoms with E-state index in [1.54, 1.807) is 25.6 Å². The molecule has 0 amide bonds. The number of Topliss-reactive ketones (excluding diaryl/α,β-unsaturated/α-hetero) is 1. The van der Waals surface area contributed by atoms with Gasteiger partial charge in [-0.3, -0.25) is 9.78 Å². The lowest BCUT2D eigenvalue weighted by Crippen LogP contribution is -2.25. The molecule has 1 heterocycles. The van der Waals surface area contributed by atoms with Gasteiger partial charge in [0.25, 0.3) is 0 Å². The quantitative estimate of drug-likeness (QED) is 0.753. The number of methoxy groups -OCH3 is 1. The summed E-state index contributed by atoms with van der Waals surface area (Å²) in [6.45, 7) is 4.35. The summed E-state index contributed by atoms with van der Waals surface area (Å²) in [6.07, 6.45) is 6.51. The van der Waals surface area contributed by atoms with Crippen LogP contribution in [0.5, 0.6) is 5.75 Å². The van der Waals surface area contributed by atoms with Gasteiger partial charge in [0, 0.05) is 17.7 Å². The van der Waals surface area contributed by atoms with Gasteiger partial charge in [-0.25, -0.2) is 0 Å². The molecule has 0 N–H and O–H groups in total. The molecule has 0 aromatic carbocycles. The van der Waals surface area contributed by atoms with E-state index in [1.165, 1.54) is 0 Å². The van der Waals surface area contributed by atoms with E-state index in [4.69, 9.17) is 4.74 Å². The zero-order valence-corrected chi connectivity index (χ0v) is 10.7. The van der Waals surface area contributed by atoms with Crippen molar-refractivity contribution in [3.05, 3.63) is 24.0 Å². The van der Waals surface area contributed by atoms with Crippen LogP contribution in [0, 0.1) is 11.3 Å². The largest absolute Gasteiger partial charge is 0.495 e. The molecule has 1 saturated carbocycles. The standard InChI is InChI=1S/C14H19NO2/c1-14(2)6-4-5-12(14)13(16)10-7-11(17-3)9-15-8-10/h7-9,12H,4-6H2,1-3H3. The number of ether oxygens (including phenoxy) is 1. The van der Waals surface area contributed by atoms with E-state index >= 15 is 0 Å². The normalized spacial score (nSPS) is 22.4. The SMILES string of the molecule is COc1cncc(C(=O)C2CCCC2(C)C)c1. The lowest BCUT2D eigenvalue weighted by atomic mass is 9.78. The molecule has 0 radical (unpaired) electrons. The molecular weight excluding hydrogens is 214 g/mol. The summed E-state index contributed by atoms with van der Waals surface area (Å²) in [7, 11) is 1.59. The van der Waals surface area contributed by atoms with E-state index in [0.29, 0.717) is 11.3 Å². The van der Waals surface area contributed by atoms with Crippen LogP contribution in [0.3, 0.4) is 0 Å². The van der Waals surface area contributed by atoms with Gasteiger partial charge in [0.15, 0.2) is 5.78 Å². The van der Waals surface area contributed by atoms with E-state index in [9.17, 15) is 4.79 Å². The van der Waals surface area contributed by atoms with E-state index in [0.717, 1.165) is 19.3 Å². The molecule has 92 valence electrons. The van der Waals surface area contributed by atoms with Crippen molar-refractivity contribution >= 4 is 5.78 Å². The van der Waals surface area contributed by atoms with Crippen LogP contribution in [0.2, 0.25) is 0 Å². The molecule has 1 atom stereocenters. The van der Waals surface area contributed by atoms with Crippen LogP contribution in [0.25, 0.3) is 0 Å². The first-order valence-corrected chi connectivity index (χ1v) is 6.08. The Bertz CT molecular complexity index is 426. The maximum absolute atomic E-state index is 12.4. The van der Waals surface area contributed by atoms with Gasteiger partial charge in [0.2, 0.25) is 0 Å². The van der Waals surface area contributed by atoms with Gasteiger partial charge in [-0.2, -0.15) is 0 Å². The predicted molar refractivity (Wildman–Crippen MR) is 66.2 cm³/mol. The average molecular weight is 233 g/mol. The number of hydrogen-bond acceptors (Lipinski definition) is 3. The molecule has 1 aromatic rings. The maximum atomic E-state index is 12.4. The molecule has 1 aromatic heterocycles. The monoisotopic (exact) mass is 233 g/mol. The summed E-state index contributed by atoms with van der Waals surface area (Å²) in [4.78, 5) is 16.5. The van der Waals surface area contributed by atoms with Gasteiger partial charge in [0.1, 0.15) is 5.75 Å². The zero-order chi connectivity index (χ0) is 12.5. The third-order valence-electron chi connectivity index (χ3n) is 3.81.